The van der Waals surface area contributed by atoms with E-state index in [1.165, 1.54) is 0 Å². The second-order valence-corrected chi connectivity index (χ2v) is 4.52. The molecule has 0 bridgehead atoms. The van der Waals surface area contributed by atoms with Crippen molar-refractivity contribution in [1.29, 1.82) is 0 Å². The van der Waals surface area contributed by atoms with Crippen LogP contribution in [0, 0.1) is 0 Å². The minimum atomic E-state index is -0.424. The third-order valence-corrected chi connectivity index (χ3v) is 2.96. The van der Waals surface area contributed by atoms with Crippen LogP contribution in [-0.2, 0) is 9.53 Å². The zero-order chi connectivity index (χ0) is 14.5. The first kappa shape index (κ1) is 13.1. The number of benzene rings is 2. The third-order valence-electron chi connectivity index (χ3n) is 2.96. The molecule has 0 spiro atoms. The molecule has 0 aliphatic carbocycles. The van der Waals surface area contributed by atoms with Crippen LogP contribution in [0.25, 0.3) is 12.2 Å². The molecule has 0 N–H and O–H groups in total. The Balaban J connectivity index is 1.80. The Kier molecular flexibility index (Phi) is 3.74. The van der Waals surface area contributed by atoms with E-state index in [4.69, 9.17) is 4.74 Å². The Morgan fingerprint density at radius 2 is 1.43 bits per heavy atom. The van der Waals surface area contributed by atoms with E-state index in [-0.39, 0.29) is 0 Å². The van der Waals surface area contributed by atoms with Gasteiger partial charge >= 0.3 is 5.97 Å². The lowest BCUT2D eigenvalue weighted by atomic mass is 10.2. The fourth-order valence-electron chi connectivity index (χ4n) is 1.94. The second kappa shape index (κ2) is 6.01. The molecule has 3 rings (SSSR count). The zero-order valence-corrected chi connectivity index (χ0v) is 11.3. The monoisotopic (exact) mass is 275 g/mol. The normalized spacial score (nSPS) is 16.3. The van der Waals surface area contributed by atoms with Gasteiger partial charge in [-0.25, -0.2) is 9.79 Å². The molecule has 0 unspecified atom stereocenters. The first-order valence-electron chi connectivity index (χ1n) is 6.62. The molecule has 102 valence electrons. The van der Waals surface area contributed by atoms with Gasteiger partial charge in [0.1, 0.15) is 0 Å². The number of aliphatic imine (C=N–C) groups is 1. The molecule has 0 aromatic heterocycles. The van der Waals surface area contributed by atoms with E-state index in [1.807, 2.05) is 66.7 Å². The maximum absolute atomic E-state index is 11.8. The van der Waals surface area contributed by atoms with Crippen molar-refractivity contribution in [3.8, 4) is 0 Å². The number of nitrogens with zero attached hydrogens (tertiary/aromatic N) is 1. The molecule has 0 radical (unpaired) electrons. The molecule has 0 saturated heterocycles. The van der Waals surface area contributed by atoms with Crippen LogP contribution in [0.4, 0.5) is 0 Å². The molecule has 1 heterocycles. The van der Waals surface area contributed by atoms with Gasteiger partial charge < -0.3 is 4.74 Å². The number of carbonyl (C=O) groups is 1. The van der Waals surface area contributed by atoms with Crippen molar-refractivity contribution in [2.75, 3.05) is 0 Å². The highest BCUT2D eigenvalue weighted by Crippen LogP contribution is 2.16. The minimum Gasteiger partial charge on any atom is -0.403 e. The van der Waals surface area contributed by atoms with Crippen LogP contribution in [0.2, 0.25) is 0 Å². The van der Waals surface area contributed by atoms with E-state index >= 15 is 0 Å². The summed E-state index contributed by atoms with van der Waals surface area (Å²) in [5, 5.41) is 0. The molecule has 3 nitrogen and oxygen atoms in total. The van der Waals surface area contributed by atoms with Gasteiger partial charge in [-0.1, -0.05) is 60.7 Å². The molecule has 2 aromatic carbocycles. The number of esters is 1. The lowest BCUT2D eigenvalue weighted by Gasteiger charge is -1.93. The summed E-state index contributed by atoms with van der Waals surface area (Å²) in [5.41, 5.74) is 2.26. The predicted molar refractivity (Wildman–Crippen MR) is 83.4 cm³/mol. The first-order chi connectivity index (χ1) is 10.3. The lowest BCUT2D eigenvalue weighted by molar-refractivity contribution is -0.129. The summed E-state index contributed by atoms with van der Waals surface area (Å²) >= 11 is 0. The quantitative estimate of drug-likeness (QED) is 0.633. The van der Waals surface area contributed by atoms with E-state index in [0.717, 1.165) is 11.1 Å². The number of rotatable bonds is 3. The largest absolute Gasteiger partial charge is 0.403 e. The average Bonchev–Trinajstić information content (AvgIpc) is 2.87. The number of cyclic esters (lactones) is 1. The van der Waals surface area contributed by atoms with E-state index < -0.39 is 5.97 Å². The molecular formula is C18H13NO2. The summed E-state index contributed by atoms with van der Waals surface area (Å²) in [6, 6.07) is 19.3. The van der Waals surface area contributed by atoms with Gasteiger partial charge in [0.05, 0.1) is 0 Å². The SMILES string of the molecule is O=C1OC(/C=C/c2ccccc2)=NC/1=C\c1ccccc1. The molecule has 1 aliphatic rings. The zero-order valence-electron chi connectivity index (χ0n) is 11.3. The van der Waals surface area contributed by atoms with Gasteiger partial charge in [-0.05, 0) is 23.3 Å². The highest BCUT2D eigenvalue weighted by atomic mass is 16.6. The summed E-state index contributed by atoms with van der Waals surface area (Å²) in [5.74, 6) is -0.113. The van der Waals surface area contributed by atoms with Crippen LogP contribution in [0.3, 0.4) is 0 Å². The number of hydrogen-bond acceptors (Lipinski definition) is 3. The molecular weight excluding hydrogens is 262 g/mol. The molecule has 3 heteroatoms. The number of carbonyl (C=O) groups excluding carboxylic acids is 1. The van der Waals surface area contributed by atoms with Gasteiger partial charge in [-0.3, -0.25) is 0 Å². The van der Waals surface area contributed by atoms with E-state index in [1.54, 1.807) is 12.2 Å². The Morgan fingerprint density at radius 3 is 2.10 bits per heavy atom. The van der Waals surface area contributed by atoms with Crippen LogP contribution in [0.1, 0.15) is 11.1 Å². The van der Waals surface area contributed by atoms with Crippen LogP contribution in [0.5, 0.6) is 0 Å². The van der Waals surface area contributed by atoms with Gasteiger partial charge in [-0.15, -0.1) is 0 Å². The molecule has 2 aromatic rings. The van der Waals surface area contributed by atoms with E-state index in [0.29, 0.717) is 11.6 Å². The Morgan fingerprint density at radius 1 is 0.810 bits per heavy atom. The predicted octanol–water partition coefficient (Wildman–Crippen LogP) is 3.70. The molecule has 0 fully saturated rings. The second-order valence-electron chi connectivity index (χ2n) is 4.52. The third kappa shape index (κ3) is 3.34. The Hall–Kier alpha value is -2.94. The topological polar surface area (TPSA) is 38.7 Å². The highest BCUT2D eigenvalue weighted by molar-refractivity contribution is 6.11. The maximum atomic E-state index is 11.8. The highest BCUT2D eigenvalue weighted by Gasteiger charge is 2.20. The fourth-order valence-corrected chi connectivity index (χ4v) is 1.94. The molecule has 0 saturated carbocycles. The van der Waals surface area contributed by atoms with Crippen molar-refractivity contribution >= 4 is 24.0 Å². The van der Waals surface area contributed by atoms with E-state index in [9.17, 15) is 4.79 Å². The van der Waals surface area contributed by atoms with Gasteiger partial charge in [-0.2, -0.15) is 0 Å². The molecule has 1 aliphatic heterocycles. The van der Waals surface area contributed by atoms with Crippen molar-refractivity contribution < 1.29 is 9.53 Å². The van der Waals surface area contributed by atoms with Crippen molar-refractivity contribution in [2.45, 2.75) is 0 Å². The maximum Gasteiger partial charge on any atom is 0.363 e. The summed E-state index contributed by atoms with van der Waals surface area (Å²) in [7, 11) is 0. The van der Waals surface area contributed by atoms with Gasteiger partial charge in [0.25, 0.3) is 0 Å². The molecule has 0 amide bonds. The van der Waals surface area contributed by atoms with Crippen molar-refractivity contribution in [1.82, 2.24) is 0 Å². The van der Waals surface area contributed by atoms with Crippen LogP contribution in [0.15, 0.2) is 77.4 Å². The standard InChI is InChI=1S/C18H13NO2/c20-18-16(13-15-9-5-2-6-10-15)19-17(21-18)12-11-14-7-3-1-4-8-14/h1-13H/b12-11+,16-13-. The number of hydrogen-bond donors (Lipinski definition) is 0. The lowest BCUT2D eigenvalue weighted by Crippen LogP contribution is -2.01. The van der Waals surface area contributed by atoms with Crippen molar-refractivity contribution in [3.05, 3.63) is 83.6 Å². The Bertz CT molecular complexity index is 728. The fraction of sp³-hybridized carbons (Fsp3) is 0. The van der Waals surface area contributed by atoms with Gasteiger partial charge in [0, 0.05) is 6.08 Å². The Labute approximate surface area is 122 Å². The summed E-state index contributed by atoms with van der Waals surface area (Å²) in [6.45, 7) is 0. The van der Waals surface area contributed by atoms with Crippen molar-refractivity contribution in [3.63, 3.8) is 0 Å². The smallest absolute Gasteiger partial charge is 0.363 e. The molecule has 0 atom stereocenters. The van der Waals surface area contributed by atoms with Crippen LogP contribution in [-0.4, -0.2) is 11.9 Å². The van der Waals surface area contributed by atoms with Crippen LogP contribution < -0.4 is 0 Å². The van der Waals surface area contributed by atoms with E-state index in [2.05, 4.69) is 4.99 Å². The average molecular weight is 275 g/mol. The first-order valence-corrected chi connectivity index (χ1v) is 6.62. The van der Waals surface area contributed by atoms with Crippen molar-refractivity contribution in [2.24, 2.45) is 4.99 Å². The minimum absolute atomic E-state index is 0.311. The van der Waals surface area contributed by atoms with Crippen LogP contribution >= 0.6 is 0 Å². The molecule has 21 heavy (non-hydrogen) atoms. The van der Waals surface area contributed by atoms with Gasteiger partial charge in [0.15, 0.2) is 5.70 Å². The van der Waals surface area contributed by atoms with Gasteiger partial charge in [0.2, 0.25) is 5.90 Å². The number of ether oxygens (including phenoxy) is 1. The summed E-state index contributed by atoms with van der Waals surface area (Å²) in [4.78, 5) is 16.0. The summed E-state index contributed by atoms with van der Waals surface area (Å²) < 4.78 is 5.12. The summed E-state index contributed by atoms with van der Waals surface area (Å²) in [6.07, 6.45) is 5.27.